The molecule has 0 unspecified atom stereocenters. The predicted octanol–water partition coefficient (Wildman–Crippen LogP) is 3.64. The van der Waals surface area contributed by atoms with Gasteiger partial charge in [0.25, 0.3) is 0 Å². The van der Waals surface area contributed by atoms with Gasteiger partial charge in [-0.2, -0.15) is 5.26 Å². The molecule has 2 aromatic heterocycles. The highest BCUT2D eigenvalue weighted by molar-refractivity contribution is 7.12. The summed E-state index contributed by atoms with van der Waals surface area (Å²) in [5, 5.41) is 11.7. The third-order valence-electron chi connectivity index (χ3n) is 3.12. The van der Waals surface area contributed by atoms with E-state index < -0.39 is 0 Å². The van der Waals surface area contributed by atoms with E-state index in [0.29, 0.717) is 11.1 Å². The lowest BCUT2D eigenvalue weighted by Crippen LogP contribution is -1.99. The molecule has 0 spiro atoms. The first-order chi connectivity index (χ1) is 9.20. The molecule has 0 atom stereocenters. The number of H-pyrrole nitrogens is 1. The van der Waals surface area contributed by atoms with Gasteiger partial charge in [0.15, 0.2) is 0 Å². The molecular weight excluding hydrogens is 256 g/mol. The van der Waals surface area contributed by atoms with Crippen molar-refractivity contribution >= 4 is 28.0 Å². The smallest absolute Gasteiger partial charge is 0.205 e. The number of rotatable bonds is 2. The normalized spacial score (nSPS) is 10.5. The van der Waals surface area contributed by atoms with Crippen molar-refractivity contribution in [3.8, 4) is 6.07 Å². The molecule has 0 aliphatic carbocycles. The molecule has 1 N–H and O–H groups in total. The Morgan fingerprint density at radius 3 is 2.89 bits per heavy atom. The van der Waals surface area contributed by atoms with Gasteiger partial charge in [-0.1, -0.05) is 6.07 Å². The number of thiophene rings is 1. The van der Waals surface area contributed by atoms with Crippen LogP contribution in [0.4, 0.5) is 0 Å². The maximum Gasteiger partial charge on any atom is 0.205 e. The van der Waals surface area contributed by atoms with Crippen molar-refractivity contribution in [2.24, 2.45) is 0 Å². The van der Waals surface area contributed by atoms with Gasteiger partial charge in [0.05, 0.1) is 16.5 Å². The Labute approximate surface area is 114 Å². The molecule has 0 radical (unpaired) electrons. The molecule has 0 saturated heterocycles. The van der Waals surface area contributed by atoms with Crippen molar-refractivity contribution in [1.82, 2.24) is 4.98 Å². The van der Waals surface area contributed by atoms with Crippen molar-refractivity contribution in [2.45, 2.75) is 6.92 Å². The second-order valence-electron chi connectivity index (χ2n) is 4.34. The van der Waals surface area contributed by atoms with E-state index in [1.54, 1.807) is 18.3 Å². The molecule has 0 aliphatic rings. The zero-order valence-electron chi connectivity index (χ0n) is 10.2. The molecule has 4 heteroatoms. The second-order valence-corrected chi connectivity index (χ2v) is 5.25. The Hall–Kier alpha value is -2.38. The van der Waals surface area contributed by atoms with Crippen LogP contribution < -0.4 is 0 Å². The van der Waals surface area contributed by atoms with Gasteiger partial charge in [-0.15, -0.1) is 11.3 Å². The summed E-state index contributed by atoms with van der Waals surface area (Å²) in [7, 11) is 0. The first kappa shape index (κ1) is 11.7. The van der Waals surface area contributed by atoms with E-state index in [9.17, 15) is 4.79 Å². The molecule has 0 saturated carbocycles. The third-order valence-corrected chi connectivity index (χ3v) is 4.14. The van der Waals surface area contributed by atoms with Gasteiger partial charge in [-0.25, -0.2) is 0 Å². The van der Waals surface area contributed by atoms with Crippen molar-refractivity contribution in [3.63, 3.8) is 0 Å². The number of benzene rings is 1. The van der Waals surface area contributed by atoms with Crippen LogP contribution in [-0.4, -0.2) is 10.8 Å². The lowest BCUT2D eigenvalue weighted by molar-refractivity contribution is 0.104. The monoisotopic (exact) mass is 266 g/mol. The zero-order valence-corrected chi connectivity index (χ0v) is 11.0. The maximum atomic E-state index is 12.5. The largest absolute Gasteiger partial charge is 0.360 e. The number of aryl methyl sites for hydroxylation is 1. The fourth-order valence-electron chi connectivity index (χ4n) is 2.11. The molecule has 0 bridgehead atoms. The number of aromatic amines is 1. The van der Waals surface area contributed by atoms with Crippen LogP contribution in [0, 0.1) is 18.3 Å². The number of ketones is 1. The Kier molecular flexibility index (Phi) is 2.69. The highest BCUT2D eigenvalue weighted by atomic mass is 32.1. The van der Waals surface area contributed by atoms with E-state index in [4.69, 9.17) is 5.26 Å². The predicted molar refractivity (Wildman–Crippen MR) is 75.5 cm³/mol. The average molecular weight is 266 g/mol. The quantitative estimate of drug-likeness (QED) is 0.720. The number of aromatic nitrogens is 1. The lowest BCUT2D eigenvalue weighted by Gasteiger charge is -1.98. The highest BCUT2D eigenvalue weighted by Crippen LogP contribution is 2.25. The topological polar surface area (TPSA) is 56.6 Å². The summed E-state index contributed by atoms with van der Waals surface area (Å²) in [6, 6.07) is 9.34. The standard InChI is InChI=1S/C15H10N2OS/c1-9-4-5-19-15(9)14(18)12-8-17-13-6-10(7-16)2-3-11(12)13/h2-6,8,17H,1H3. The van der Waals surface area contributed by atoms with E-state index in [1.807, 2.05) is 24.4 Å². The zero-order chi connectivity index (χ0) is 13.4. The van der Waals surface area contributed by atoms with Gasteiger partial charge in [0.2, 0.25) is 5.78 Å². The van der Waals surface area contributed by atoms with Crippen LogP contribution in [0.5, 0.6) is 0 Å². The summed E-state index contributed by atoms with van der Waals surface area (Å²) in [4.78, 5) is 16.3. The van der Waals surface area contributed by atoms with Gasteiger partial charge < -0.3 is 4.98 Å². The summed E-state index contributed by atoms with van der Waals surface area (Å²) < 4.78 is 0. The molecule has 3 nitrogen and oxygen atoms in total. The SMILES string of the molecule is Cc1ccsc1C(=O)c1c[nH]c2cc(C#N)ccc12. The Bertz CT molecular complexity index is 820. The van der Waals surface area contributed by atoms with E-state index in [-0.39, 0.29) is 5.78 Å². The molecule has 1 aromatic carbocycles. The minimum Gasteiger partial charge on any atom is -0.360 e. The highest BCUT2D eigenvalue weighted by Gasteiger charge is 2.17. The van der Waals surface area contributed by atoms with Gasteiger partial charge in [0, 0.05) is 22.7 Å². The number of hydrogen-bond acceptors (Lipinski definition) is 3. The van der Waals surface area contributed by atoms with Crippen molar-refractivity contribution < 1.29 is 4.79 Å². The summed E-state index contributed by atoms with van der Waals surface area (Å²) in [6.07, 6.45) is 1.72. The first-order valence-corrected chi connectivity index (χ1v) is 6.68. The number of nitrogens with zero attached hydrogens (tertiary/aromatic N) is 1. The minimum atomic E-state index is 0.0310. The molecule has 0 fully saturated rings. The van der Waals surface area contributed by atoms with Crippen LogP contribution in [0.1, 0.15) is 26.4 Å². The molecule has 2 heterocycles. The van der Waals surface area contributed by atoms with Crippen LogP contribution in [0.25, 0.3) is 10.9 Å². The lowest BCUT2D eigenvalue weighted by atomic mass is 10.1. The molecule has 0 aliphatic heterocycles. The van der Waals surface area contributed by atoms with Crippen LogP contribution in [0.15, 0.2) is 35.8 Å². The number of nitrogens with one attached hydrogen (secondary N) is 1. The van der Waals surface area contributed by atoms with Gasteiger partial charge in [-0.05, 0) is 36.1 Å². The van der Waals surface area contributed by atoms with E-state index >= 15 is 0 Å². The Balaban J connectivity index is 2.14. The summed E-state index contributed by atoms with van der Waals surface area (Å²) >= 11 is 1.46. The second kappa shape index (κ2) is 4.38. The summed E-state index contributed by atoms with van der Waals surface area (Å²) in [5.41, 5.74) is 3.06. The minimum absolute atomic E-state index is 0.0310. The van der Waals surface area contributed by atoms with Crippen molar-refractivity contribution in [3.05, 3.63) is 57.4 Å². The maximum absolute atomic E-state index is 12.5. The molecule has 3 aromatic rings. The molecule has 19 heavy (non-hydrogen) atoms. The van der Waals surface area contributed by atoms with Crippen molar-refractivity contribution in [1.29, 1.82) is 5.26 Å². The van der Waals surface area contributed by atoms with E-state index in [2.05, 4.69) is 11.1 Å². The van der Waals surface area contributed by atoms with Crippen LogP contribution in [-0.2, 0) is 0 Å². The Morgan fingerprint density at radius 2 is 2.21 bits per heavy atom. The first-order valence-electron chi connectivity index (χ1n) is 5.80. The number of carbonyl (C=O) groups excluding carboxylic acids is 1. The van der Waals surface area contributed by atoms with Crippen LogP contribution in [0.3, 0.4) is 0 Å². The van der Waals surface area contributed by atoms with E-state index in [1.165, 1.54) is 11.3 Å². The molecular formula is C15H10N2OS. The molecule has 3 rings (SSSR count). The summed E-state index contributed by atoms with van der Waals surface area (Å²) in [6.45, 7) is 1.94. The fraction of sp³-hybridized carbons (Fsp3) is 0.0667. The van der Waals surface area contributed by atoms with E-state index in [0.717, 1.165) is 21.3 Å². The summed E-state index contributed by atoms with van der Waals surface area (Å²) in [5.74, 6) is 0.0310. The number of nitriles is 1. The Morgan fingerprint density at radius 1 is 1.37 bits per heavy atom. The van der Waals surface area contributed by atoms with Gasteiger partial charge in [0.1, 0.15) is 0 Å². The number of carbonyl (C=O) groups is 1. The molecule has 0 amide bonds. The fourth-order valence-corrected chi connectivity index (χ4v) is 2.99. The third kappa shape index (κ3) is 1.85. The van der Waals surface area contributed by atoms with Crippen LogP contribution in [0.2, 0.25) is 0 Å². The number of hydrogen-bond donors (Lipinski definition) is 1. The molecule has 92 valence electrons. The van der Waals surface area contributed by atoms with Crippen LogP contribution >= 0.6 is 11.3 Å². The van der Waals surface area contributed by atoms with Crippen molar-refractivity contribution in [2.75, 3.05) is 0 Å². The van der Waals surface area contributed by atoms with Gasteiger partial charge >= 0.3 is 0 Å². The average Bonchev–Trinajstić information content (AvgIpc) is 3.03. The van der Waals surface area contributed by atoms with Gasteiger partial charge in [-0.3, -0.25) is 4.79 Å². The number of fused-ring (bicyclic) bond motifs is 1.